The Morgan fingerprint density at radius 3 is 1.61 bits per heavy atom. The van der Waals surface area contributed by atoms with Crippen LogP contribution in [0.5, 0.6) is 0 Å². The van der Waals surface area contributed by atoms with Gasteiger partial charge in [0.25, 0.3) is 0 Å². The molecule has 0 atom stereocenters. The van der Waals surface area contributed by atoms with Crippen LogP contribution >= 0.6 is 0 Å². The fourth-order valence-corrected chi connectivity index (χ4v) is 5.10. The Hall–Kier alpha value is -4.17. The molecule has 2 nitrogen and oxygen atoms in total. The standard InChI is InChI=1S/C29H16O2/c30-25-16-14-23-24(31-25)15-13-19-8-10-21-12-11-20-9-7-18-6-5-17-3-1-2-4-22(17)26(18)28(20)29(21)27(19)23/h1-16H. The van der Waals surface area contributed by atoms with Gasteiger partial charge in [0.1, 0.15) is 5.58 Å². The first-order chi connectivity index (χ1) is 15.3. The second kappa shape index (κ2) is 5.93. The lowest BCUT2D eigenvalue weighted by Gasteiger charge is -2.14. The van der Waals surface area contributed by atoms with Crippen molar-refractivity contribution in [1.82, 2.24) is 0 Å². The summed E-state index contributed by atoms with van der Waals surface area (Å²) in [4.78, 5) is 11.9. The Labute approximate surface area is 176 Å². The SMILES string of the molecule is O=c1ccc2c(ccc3ccc4ccc5ccc6ccc7ccccc7c6c5c4c32)o1. The molecule has 0 saturated carbocycles. The van der Waals surface area contributed by atoms with Crippen molar-refractivity contribution in [2.75, 3.05) is 0 Å². The maximum atomic E-state index is 11.9. The number of hydrogen-bond acceptors (Lipinski definition) is 2. The molecule has 31 heavy (non-hydrogen) atoms. The monoisotopic (exact) mass is 396 g/mol. The molecule has 0 N–H and O–H groups in total. The van der Waals surface area contributed by atoms with Crippen molar-refractivity contribution in [1.29, 1.82) is 0 Å². The smallest absolute Gasteiger partial charge is 0.336 e. The van der Waals surface area contributed by atoms with Gasteiger partial charge in [-0.05, 0) is 60.6 Å². The molecule has 0 unspecified atom stereocenters. The summed E-state index contributed by atoms with van der Waals surface area (Å²) < 4.78 is 5.53. The molecule has 0 bridgehead atoms. The largest absolute Gasteiger partial charge is 0.423 e. The summed E-state index contributed by atoms with van der Waals surface area (Å²) in [6.07, 6.45) is 0. The molecule has 2 heteroatoms. The summed E-state index contributed by atoms with van der Waals surface area (Å²) in [5, 5.41) is 13.0. The van der Waals surface area contributed by atoms with E-state index in [0.29, 0.717) is 5.58 Å². The van der Waals surface area contributed by atoms with E-state index in [2.05, 4.69) is 72.8 Å². The fourth-order valence-electron chi connectivity index (χ4n) is 5.10. The van der Waals surface area contributed by atoms with Gasteiger partial charge in [0.2, 0.25) is 0 Å². The highest BCUT2D eigenvalue weighted by molar-refractivity contribution is 6.34. The molecule has 0 fully saturated rings. The third-order valence-corrected chi connectivity index (χ3v) is 6.45. The van der Waals surface area contributed by atoms with Gasteiger partial charge in [-0.1, -0.05) is 78.9 Å². The minimum absolute atomic E-state index is 0.326. The normalized spacial score (nSPS) is 12.0. The molecule has 7 aromatic rings. The van der Waals surface area contributed by atoms with E-state index in [1.165, 1.54) is 49.2 Å². The third-order valence-electron chi connectivity index (χ3n) is 6.45. The van der Waals surface area contributed by atoms with Crippen LogP contribution in [-0.2, 0) is 0 Å². The van der Waals surface area contributed by atoms with Crippen LogP contribution in [0.3, 0.4) is 0 Å². The molecule has 0 amide bonds. The molecule has 1 aromatic heterocycles. The Balaban J connectivity index is 1.88. The Bertz CT molecular complexity index is 1890. The zero-order valence-corrected chi connectivity index (χ0v) is 16.6. The first-order valence-electron chi connectivity index (χ1n) is 10.4. The summed E-state index contributed by atoms with van der Waals surface area (Å²) in [5.41, 5.74) is 0.294. The van der Waals surface area contributed by atoms with Gasteiger partial charge < -0.3 is 4.42 Å². The van der Waals surface area contributed by atoms with Gasteiger partial charge >= 0.3 is 5.63 Å². The number of fused-ring (bicyclic) bond motifs is 11. The molecule has 0 aliphatic rings. The van der Waals surface area contributed by atoms with Crippen LogP contribution in [0.1, 0.15) is 0 Å². The summed E-state index contributed by atoms with van der Waals surface area (Å²) in [6, 6.07) is 33.4. The van der Waals surface area contributed by atoms with E-state index in [1.54, 1.807) is 0 Å². The zero-order valence-electron chi connectivity index (χ0n) is 16.6. The average molecular weight is 396 g/mol. The van der Waals surface area contributed by atoms with E-state index >= 15 is 0 Å². The van der Waals surface area contributed by atoms with Gasteiger partial charge in [-0.3, -0.25) is 0 Å². The molecular weight excluding hydrogens is 380 g/mol. The van der Waals surface area contributed by atoms with Crippen LogP contribution in [0.4, 0.5) is 0 Å². The molecule has 0 aliphatic heterocycles. The van der Waals surface area contributed by atoms with Crippen LogP contribution in [0.15, 0.2) is 106 Å². The highest BCUT2D eigenvalue weighted by Gasteiger charge is 2.13. The Morgan fingerprint density at radius 1 is 0.419 bits per heavy atom. The molecule has 0 radical (unpaired) electrons. The minimum Gasteiger partial charge on any atom is -0.423 e. The van der Waals surface area contributed by atoms with Crippen LogP contribution in [0, 0.1) is 0 Å². The highest BCUT2D eigenvalue weighted by Crippen LogP contribution is 2.41. The van der Waals surface area contributed by atoms with Crippen LogP contribution in [-0.4, -0.2) is 0 Å². The van der Waals surface area contributed by atoms with Crippen molar-refractivity contribution in [2.24, 2.45) is 0 Å². The molecule has 7 rings (SSSR count). The molecular formula is C29H16O2. The van der Waals surface area contributed by atoms with E-state index in [1.807, 2.05) is 18.2 Å². The average Bonchev–Trinajstić information content (AvgIpc) is 2.82. The van der Waals surface area contributed by atoms with Gasteiger partial charge in [-0.15, -0.1) is 0 Å². The molecule has 0 spiro atoms. The second-order valence-corrected chi connectivity index (χ2v) is 8.11. The predicted octanol–water partition coefficient (Wildman–Crippen LogP) is 7.56. The van der Waals surface area contributed by atoms with E-state index in [9.17, 15) is 4.79 Å². The van der Waals surface area contributed by atoms with Gasteiger partial charge in [-0.2, -0.15) is 0 Å². The first-order valence-corrected chi connectivity index (χ1v) is 10.4. The van der Waals surface area contributed by atoms with Gasteiger partial charge in [0.15, 0.2) is 0 Å². The lowest BCUT2D eigenvalue weighted by Crippen LogP contribution is -1.94. The molecule has 1 heterocycles. The van der Waals surface area contributed by atoms with Crippen LogP contribution in [0.2, 0.25) is 0 Å². The third kappa shape index (κ3) is 2.25. The highest BCUT2D eigenvalue weighted by atomic mass is 16.4. The summed E-state index contributed by atoms with van der Waals surface area (Å²) in [5.74, 6) is 0. The molecule has 0 aliphatic carbocycles. The topological polar surface area (TPSA) is 30.2 Å². The summed E-state index contributed by atoms with van der Waals surface area (Å²) in [7, 11) is 0. The van der Waals surface area contributed by atoms with Gasteiger partial charge in [-0.25, -0.2) is 4.79 Å². The van der Waals surface area contributed by atoms with Crippen LogP contribution < -0.4 is 5.63 Å². The van der Waals surface area contributed by atoms with E-state index in [4.69, 9.17) is 4.42 Å². The van der Waals surface area contributed by atoms with Gasteiger partial charge in [0, 0.05) is 16.8 Å². The summed E-state index contributed by atoms with van der Waals surface area (Å²) >= 11 is 0. The Kier molecular flexibility index (Phi) is 3.18. The maximum Gasteiger partial charge on any atom is 0.336 e. The van der Waals surface area contributed by atoms with Gasteiger partial charge in [0.05, 0.1) is 0 Å². The number of rotatable bonds is 0. The number of hydrogen-bond donors (Lipinski definition) is 0. The van der Waals surface area contributed by atoms with E-state index < -0.39 is 0 Å². The predicted molar refractivity (Wildman–Crippen MR) is 130 cm³/mol. The molecule has 6 aromatic carbocycles. The molecule has 0 saturated heterocycles. The van der Waals surface area contributed by atoms with Crippen LogP contribution in [0.25, 0.3) is 64.8 Å². The quantitative estimate of drug-likeness (QED) is 0.196. The van der Waals surface area contributed by atoms with Crippen molar-refractivity contribution in [3.63, 3.8) is 0 Å². The molecule has 144 valence electrons. The van der Waals surface area contributed by atoms with E-state index in [-0.39, 0.29) is 5.63 Å². The maximum absolute atomic E-state index is 11.9. The van der Waals surface area contributed by atoms with Crippen molar-refractivity contribution in [3.05, 3.63) is 107 Å². The summed E-state index contributed by atoms with van der Waals surface area (Å²) in [6.45, 7) is 0. The van der Waals surface area contributed by atoms with E-state index in [0.717, 1.165) is 16.2 Å². The Morgan fingerprint density at radius 2 is 0.935 bits per heavy atom. The van der Waals surface area contributed by atoms with Crippen molar-refractivity contribution < 1.29 is 4.42 Å². The van der Waals surface area contributed by atoms with Crippen molar-refractivity contribution in [2.45, 2.75) is 0 Å². The van der Waals surface area contributed by atoms with Crippen molar-refractivity contribution in [3.8, 4) is 0 Å². The van der Waals surface area contributed by atoms with Crippen molar-refractivity contribution >= 4 is 64.8 Å². The first kappa shape index (κ1) is 16.6. The number of benzene rings is 6. The second-order valence-electron chi connectivity index (χ2n) is 8.11. The fraction of sp³-hybridized carbons (Fsp3) is 0. The lowest BCUT2D eigenvalue weighted by atomic mass is 9.90. The minimum atomic E-state index is -0.326. The zero-order chi connectivity index (χ0) is 20.5. The lowest BCUT2D eigenvalue weighted by molar-refractivity contribution is 0.561.